The molecule has 2 aromatic carbocycles. The van der Waals surface area contributed by atoms with Gasteiger partial charge in [0.25, 0.3) is 5.91 Å². The maximum Gasteiger partial charge on any atom is 0.338 e. The molecule has 1 amide bonds. The Morgan fingerprint density at radius 2 is 1.52 bits per heavy atom. The summed E-state index contributed by atoms with van der Waals surface area (Å²) in [7, 11) is 4.31. The van der Waals surface area contributed by atoms with Crippen LogP contribution in [0.4, 0.5) is 5.69 Å². The van der Waals surface area contributed by atoms with E-state index in [1.165, 1.54) is 46.5 Å². The number of amides is 1. The number of carbonyl (C=O) groups excluding carboxylic acids is 2. The zero-order chi connectivity index (χ0) is 23.3. The van der Waals surface area contributed by atoms with Crippen molar-refractivity contribution in [1.82, 2.24) is 0 Å². The molecule has 2 aromatic rings. The molecule has 2 N–H and O–H groups in total. The monoisotopic (exact) mass is 431 g/mol. The van der Waals surface area contributed by atoms with E-state index < -0.39 is 17.8 Å². The molecule has 2 rings (SSSR count). The van der Waals surface area contributed by atoms with Crippen LogP contribution in [0.1, 0.15) is 49.1 Å². The van der Waals surface area contributed by atoms with E-state index in [4.69, 9.17) is 18.9 Å². The summed E-state index contributed by atoms with van der Waals surface area (Å²) in [5.74, 6) is -1.68. The number of methoxy groups -OCH3 is 3. The van der Waals surface area contributed by atoms with Crippen molar-refractivity contribution in [2.24, 2.45) is 0 Å². The van der Waals surface area contributed by atoms with Crippen LogP contribution in [0.2, 0.25) is 0 Å². The lowest BCUT2D eigenvalue weighted by molar-refractivity contribution is 0.0523. The van der Waals surface area contributed by atoms with Crippen LogP contribution >= 0.6 is 0 Å². The standard InChI is InChI=1S/C22H25NO8/c1-7-31-22(27)17-11(2)8-14(21(25)26)18(12(17)3)20(24)23-13-9-15(28-4)19(30-6)16(10-13)29-5/h8-10H,7H2,1-6H3,(H,23,24)(H,25,26). The molecule has 0 saturated carbocycles. The topological polar surface area (TPSA) is 120 Å². The first kappa shape index (κ1) is 23.5. The SMILES string of the molecule is CCOC(=O)c1c(C)cc(C(=O)O)c(C(=O)Nc2cc(OC)c(OC)c(OC)c2)c1C. The van der Waals surface area contributed by atoms with E-state index in [1.54, 1.807) is 13.8 Å². The van der Waals surface area contributed by atoms with Crippen LogP contribution in [-0.4, -0.2) is 50.9 Å². The largest absolute Gasteiger partial charge is 0.493 e. The normalized spacial score (nSPS) is 10.3. The van der Waals surface area contributed by atoms with Crippen LogP contribution in [-0.2, 0) is 4.74 Å². The predicted octanol–water partition coefficient (Wildman–Crippen LogP) is 3.46. The fraction of sp³-hybridized carbons (Fsp3) is 0.318. The third kappa shape index (κ3) is 4.71. The van der Waals surface area contributed by atoms with E-state index in [1.807, 2.05) is 0 Å². The molecule has 9 nitrogen and oxygen atoms in total. The van der Waals surface area contributed by atoms with Gasteiger partial charge in [-0.25, -0.2) is 9.59 Å². The van der Waals surface area contributed by atoms with Crippen LogP contribution in [0.5, 0.6) is 17.2 Å². The van der Waals surface area contributed by atoms with Crippen LogP contribution in [0.3, 0.4) is 0 Å². The highest BCUT2D eigenvalue weighted by atomic mass is 16.5. The lowest BCUT2D eigenvalue weighted by Crippen LogP contribution is -2.21. The molecule has 0 bridgehead atoms. The summed E-state index contributed by atoms with van der Waals surface area (Å²) >= 11 is 0. The zero-order valence-corrected chi connectivity index (χ0v) is 18.2. The number of carboxylic acid groups (broad SMARTS) is 1. The quantitative estimate of drug-likeness (QED) is 0.610. The van der Waals surface area contributed by atoms with Crippen molar-refractivity contribution >= 4 is 23.5 Å². The molecule has 0 aliphatic carbocycles. The van der Waals surface area contributed by atoms with E-state index in [0.29, 0.717) is 22.8 Å². The van der Waals surface area contributed by atoms with E-state index in [0.717, 1.165) is 0 Å². The Bertz CT molecular complexity index is 1000. The Kier molecular flexibility index (Phi) is 7.47. The first-order chi connectivity index (χ1) is 14.7. The fourth-order valence-corrected chi connectivity index (χ4v) is 3.31. The smallest absolute Gasteiger partial charge is 0.338 e. The number of hydrogen-bond acceptors (Lipinski definition) is 7. The van der Waals surface area contributed by atoms with Gasteiger partial charge in [-0.1, -0.05) is 0 Å². The van der Waals surface area contributed by atoms with Crippen molar-refractivity contribution in [3.05, 3.63) is 46.0 Å². The Balaban J connectivity index is 2.60. The van der Waals surface area contributed by atoms with E-state index in [2.05, 4.69) is 5.32 Å². The molecule has 166 valence electrons. The molecule has 0 atom stereocenters. The van der Waals surface area contributed by atoms with Gasteiger partial charge < -0.3 is 29.4 Å². The van der Waals surface area contributed by atoms with Gasteiger partial charge in [-0.3, -0.25) is 4.79 Å². The van der Waals surface area contributed by atoms with Crippen molar-refractivity contribution in [2.75, 3.05) is 33.3 Å². The van der Waals surface area contributed by atoms with Crippen LogP contribution in [0.15, 0.2) is 18.2 Å². The van der Waals surface area contributed by atoms with Crippen molar-refractivity contribution in [2.45, 2.75) is 20.8 Å². The van der Waals surface area contributed by atoms with Crippen molar-refractivity contribution in [1.29, 1.82) is 0 Å². The first-order valence-corrected chi connectivity index (χ1v) is 9.36. The first-order valence-electron chi connectivity index (χ1n) is 9.36. The maximum absolute atomic E-state index is 13.1. The number of aromatic carboxylic acids is 1. The number of benzene rings is 2. The maximum atomic E-state index is 13.1. The molecule has 0 aliphatic rings. The molecule has 31 heavy (non-hydrogen) atoms. The summed E-state index contributed by atoms with van der Waals surface area (Å²) < 4.78 is 20.9. The summed E-state index contributed by atoms with van der Waals surface area (Å²) in [4.78, 5) is 37.3. The number of rotatable bonds is 8. The Morgan fingerprint density at radius 3 is 1.97 bits per heavy atom. The molecule has 0 radical (unpaired) electrons. The van der Waals surface area contributed by atoms with Gasteiger partial charge in [-0.05, 0) is 38.0 Å². The third-order valence-corrected chi connectivity index (χ3v) is 4.63. The summed E-state index contributed by atoms with van der Waals surface area (Å²) in [5.41, 5.74) is 0.678. The van der Waals surface area contributed by atoms with Crippen LogP contribution in [0.25, 0.3) is 0 Å². The second-order valence-corrected chi connectivity index (χ2v) is 6.51. The molecular formula is C22H25NO8. The molecular weight excluding hydrogens is 406 g/mol. The average Bonchev–Trinajstić information content (AvgIpc) is 2.72. The summed E-state index contributed by atoms with van der Waals surface area (Å²) in [6.07, 6.45) is 0. The number of aryl methyl sites for hydroxylation is 1. The van der Waals surface area contributed by atoms with E-state index in [9.17, 15) is 19.5 Å². The minimum absolute atomic E-state index is 0.144. The van der Waals surface area contributed by atoms with E-state index >= 15 is 0 Å². The van der Waals surface area contributed by atoms with Crippen molar-refractivity contribution in [3.63, 3.8) is 0 Å². The number of ether oxygens (including phenoxy) is 4. The minimum Gasteiger partial charge on any atom is -0.493 e. The summed E-state index contributed by atoms with van der Waals surface area (Å²) in [6.45, 7) is 4.90. The molecule has 0 spiro atoms. The molecule has 0 saturated heterocycles. The van der Waals surface area contributed by atoms with Gasteiger partial charge in [0.1, 0.15) is 0 Å². The Hall–Kier alpha value is -3.75. The second kappa shape index (κ2) is 9.84. The third-order valence-electron chi connectivity index (χ3n) is 4.63. The lowest BCUT2D eigenvalue weighted by atomic mass is 9.92. The lowest BCUT2D eigenvalue weighted by Gasteiger charge is -2.18. The van der Waals surface area contributed by atoms with Gasteiger partial charge in [-0.2, -0.15) is 0 Å². The van der Waals surface area contributed by atoms with Gasteiger partial charge in [0, 0.05) is 17.8 Å². The highest BCUT2D eigenvalue weighted by Crippen LogP contribution is 2.40. The number of anilines is 1. The number of esters is 1. The fourth-order valence-electron chi connectivity index (χ4n) is 3.31. The van der Waals surface area contributed by atoms with Crippen molar-refractivity contribution < 1.29 is 38.4 Å². The predicted molar refractivity (Wildman–Crippen MR) is 113 cm³/mol. The molecule has 0 aliphatic heterocycles. The molecule has 0 heterocycles. The minimum atomic E-state index is -1.29. The van der Waals surface area contributed by atoms with Gasteiger partial charge in [-0.15, -0.1) is 0 Å². The highest BCUT2D eigenvalue weighted by molar-refractivity contribution is 6.13. The number of hydrogen-bond donors (Lipinski definition) is 2. The Labute approximate surface area is 179 Å². The van der Waals surface area contributed by atoms with Gasteiger partial charge >= 0.3 is 11.9 Å². The number of nitrogens with one attached hydrogen (secondary N) is 1. The van der Waals surface area contributed by atoms with Crippen molar-refractivity contribution in [3.8, 4) is 17.2 Å². The van der Waals surface area contributed by atoms with Gasteiger partial charge in [0.15, 0.2) is 11.5 Å². The van der Waals surface area contributed by atoms with Gasteiger partial charge in [0.2, 0.25) is 5.75 Å². The highest BCUT2D eigenvalue weighted by Gasteiger charge is 2.27. The van der Waals surface area contributed by atoms with E-state index in [-0.39, 0.29) is 34.5 Å². The number of carboxylic acids is 1. The van der Waals surface area contributed by atoms with Crippen LogP contribution < -0.4 is 19.5 Å². The Morgan fingerprint density at radius 1 is 0.935 bits per heavy atom. The second-order valence-electron chi connectivity index (χ2n) is 6.51. The zero-order valence-electron chi connectivity index (χ0n) is 18.2. The average molecular weight is 431 g/mol. The van der Waals surface area contributed by atoms with Crippen LogP contribution in [0, 0.1) is 13.8 Å². The number of carbonyl (C=O) groups is 3. The molecule has 0 unspecified atom stereocenters. The molecule has 0 aromatic heterocycles. The molecule has 0 fully saturated rings. The molecule has 9 heteroatoms. The summed E-state index contributed by atoms with van der Waals surface area (Å²) in [5, 5.41) is 12.3. The van der Waals surface area contributed by atoms with Gasteiger partial charge in [0.05, 0.1) is 44.6 Å². The summed E-state index contributed by atoms with van der Waals surface area (Å²) in [6, 6.07) is 4.30.